The second kappa shape index (κ2) is 10.2. The van der Waals surface area contributed by atoms with E-state index in [2.05, 4.69) is 4.99 Å². The van der Waals surface area contributed by atoms with Gasteiger partial charge < -0.3 is 18.9 Å². The highest BCUT2D eigenvalue weighted by molar-refractivity contribution is 7.07. The van der Waals surface area contributed by atoms with Gasteiger partial charge in [-0.1, -0.05) is 29.5 Å². The van der Waals surface area contributed by atoms with Gasteiger partial charge in [0, 0.05) is 6.92 Å². The maximum atomic E-state index is 13.6. The van der Waals surface area contributed by atoms with Gasteiger partial charge in [-0.25, -0.2) is 9.79 Å². The number of carbonyl (C=O) groups is 2. The van der Waals surface area contributed by atoms with Crippen LogP contribution < -0.4 is 29.1 Å². The molecule has 0 saturated carbocycles. The van der Waals surface area contributed by atoms with Crippen LogP contribution in [0.4, 0.5) is 0 Å². The number of carbonyl (C=O) groups excluding carboxylic acids is 2. The monoisotopic (exact) mass is 508 g/mol. The Kier molecular flexibility index (Phi) is 7.07. The lowest BCUT2D eigenvalue weighted by Gasteiger charge is -2.24. The molecule has 0 bridgehead atoms. The summed E-state index contributed by atoms with van der Waals surface area (Å²) in [5.41, 5.74) is 1.83. The van der Waals surface area contributed by atoms with Gasteiger partial charge >= 0.3 is 11.9 Å². The van der Waals surface area contributed by atoms with Crippen LogP contribution in [0.1, 0.15) is 31.0 Å². The SMILES string of the molecule is COC(=O)C1=C(C)N=c2sc(=Cc3ccc(OC(C)=O)c(OC)c3)c(=O)n2C1c1ccc(OC)cc1. The third-order valence-electron chi connectivity index (χ3n) is 5.60. The van der Waals surface area contributed by atoms with Crippen molar-refractivity contribution in [1.29, 1.82) is 0 Å². The third-order valence-corrected chi connectivity index (χ3v) is 6.58. The summed E-state index contributed by atoms with van der Waals surface area (Å²) in [4.78, 5) is 42.7. The number of allylic oxidation sites excluding steroid dienone is 1. The van der Waals surface area contributed by atoms with Crippen molar-refractivity contribution in [3.05, 3.63) is 84.5 Å². The molecule has 1 aromatic heterocycles. The second-order valence-electron chi connectivity index (χ2n) is 7.85. The molecule has 1 atom stereocenters. The van der Waals surface area contributed by atoms with Gasteiger partial charge in [-0.05, 0) is 48.4 Å². The summed E-state index contributed by atoms with van der Waals surface area (Å²) < 4.78 is 22.7. The maximum absolute atomic E-state index is 13.6. The molecule has 1 aliphatic rings. The highest BCUT2D eigenvalue weighted by atomic mass is 32.1. The number of rotatable bonds is 6. The zero-order chi connectivity index (χ0) is 26.0. The van der Waals surface area contributed by atoms with E-state index < -0.39 is 18.0 Å². The number of hydrogen-bond donors (Lipinski definition) is 0. The van der Waals surface area contributed by atoms with Crippen molar-refractivity contribution in [3.8, 4) is 17.2 Å². The van der Waals surface area contributed by atoms with Crippen molar-refractivity contribution >= 4 is 29.4 Å². The van der Waals surface area contributed by atoms with Gasteiger partial charge in [0.2, 0.25) is 0 Å². The molecule has 0 N–H and O–H groups in total. The minimum Gasteiger partial charge on any atom is -0.497 e. The Labute approximate surface area is 210 Å². The van der Waals surface area contributed by atoms with Crippen LogP contribution >= 0.6 is 11.3 Å². The largest absolute Gasteiger partial charge is 0.497 e. The quantitative estimate of drug-likeness (QED) is 0.372. The summed E-state index contributed by atoms with van der Waals surface area (Å²) in [6.45, 7) is 3.02. The molecule has 2 aromatic carbocycles. The zero-order valence-corrected chi connectivity index (χ0v) is 21.2. The molecule has 3 aromatic rings. The van der Waals surface area contributed by atoms with Crippen LogP contribution in [0, 0.1) is 0 Å². The van der Waals surface area contributed by atoms with E-state index in [9.17, 15) is 14.4 Å². The summed E-state index contributed by atoms with van der Waals surface area (Å²) in [5.74, 6) is 0.257. The lowest BCUT2D eigenvalue weighted by molar-refractivity contribution is -0.136. The van der Waals surface area contributed by atoms with Crippen molar-refractivity contribution < 1.29 is 28.5 Å². The maximum Gasteiger partial charge on any atom is 0.338 e. The molecule has 186 valence electrons. The Bertz CT molecular complexity index is 1550. The summed E-state index contributed by atoms with van der Waals surface area (Å²) in [6.07, 6.45) is 1.70. The second-order valence-corrected chi connectivity index (χ2v) is 8.86. The highest BCUT2D eigenvalue weighted by Gasteiger charge is 2.33. The van der Waals surface area contributed by atoms with Crippen molar-refractivity contribution in [2.24, 2.45) is 4.99 Å². The Morgan fingerprint density at radius 3 is 2.36 bits per heavy atom. The molecule has 1 aliphatic heterocycles. The molecule has 10 heteroatoms. The molecule has 0 amide bonds. The molecule has 4 rings (SSSR count). The summed E-state index contributed by atoms with van der Waals surface area (Å²) in [7, 11) is 4.33. The Morgan fingerprint density at radius 2 is 1.75 bits per heavy atom. The molecule has 2 heterocycles. The van der Waals surface area contributed by atoms with E-state index in [-0.39, 0.29) is 16.9 Å². The first-order chi connectivity index (χ1) is 17.3. The van der Waals surface area contributed by atoms with E-state index >= 15 is 0 Å². The van der Waals surface area contributed by atoms with Crippen LogP contribution in [-0.2, 0) is 14.3 Å². The standard InChI is InChI=1S/C26H24N2O7S/c1-14-22(25(31)34-5)23(17-7-9-18(32-3)10-8-17)28-24(30)21(36-26(28)27-14)13-16-6-11-19(35-15(2)29)20(12-16)33-4/h6-13,23H,1-5H3. The van der Waals surface area contributed by atoms with Crippen molar-refractivity contribution in [3.63, 3.8) is 0 Å². The number of nitrogens with zero attached hydrogens (tertiary/aromatic N) is 2. The first-order valence-corrected chi connectivity index (χ1v) is 11.7. The van der Waals surface area contributed by atoms with Gasteiger partial charge in [0.05, 0.1) is 43.2 Å². The molecule has 0 fully saturated rings. The van der Waals surface area contributed by atoms with E-state index in [1.165, 1.54) is 37.0 Å². The number of ether oxygens (including phenoxy) is 4. The van der Waals surface area contributed by atoms with Crippen LogP contribution in [0.3, 0.4) is 0 Å². The Hall–Kier alpha value is -4.18. The van der Waals surface area contributed by atoms with Crippen molar-refractivity contribution in [2.75, 3.05) is 21.3 Å². The van der Waals surface area contributed by atoms with Crippen molar-refractivity contribution in [1.82, 2.24) is 4.57 Å². The van der Waals surface area contributed by atoms with Crippen LogP contribution in [0.15, 0.2) is 63.5 Å². The Balaban J connectivity index is 1.89. The molecular weight excluding hydrogens is 484 g/mol. The van der Waals surface area contributed by atoms with Crippen LogP contribution in [0.25, 0.3) is 6.08 Å². The van der Waals surface area contributed by atoms with E-state index in [0.29, 0.717) is 37.7 Å². The number of aromatic nitrogens is 1. The average molecular weight is 509 g/mol. The molecule has 36 heavy (non-hydrogen) atoms. The molecule has 0 radical (unpaired) electrons. The molecule has 1 unspecified atom stereocenters. The lowest BCUT2D eigenvalue weighted by Crippen LogP contribution is -2.39. The summed E-state index contributed by atoms with van der Waals surface area (Å²) >= 11 is 1.21. The first kappa shape index (κ1) is 24.9. The summed E-state index contributed by atoms with van der Waals surface area (Å²) in [6, 6.07) is 11.4. The topological polar surface area (TPSA) is 105 Å². The minimum atomic E-state index is -0.720. The van der Waals surface area contributed by atoms with E-state index in [1.54, 1.807) is 62.6 Å². The number of hydrogen-bond acceptors (Lipinski definition) is 9. The number of methoxy groups -OCH3 is 3. The van der Waals surface area contributed by atoms with Gasteiger partial charge in [-0.15, -0.1) is 0 Å². The fraction of sp³-hybridized carbons (Fsp3) is 0.231. The van der Waals surface area contributed by atoms with Crippen LogP contribution in [0.2, 0.25) is 0 Å². The predicted molar refractivity (Wildman–Crippen MR) is 133 cm³/mol. The number of esters is 2. The molecule has 0 aliphatic carbocycles. The first-order valence-electron chi connectivity index (χ1n) is 10.9. The van der Waals surface area contributed by atoms with Gasteiger partial charge in [-0.2, -0.15) is 0 Å². The molecule has 9 nitrogen and oxygen atoms in total. The molecule has 0 saturated heterocycles. The number of thiazole rings is 1. The number of benzene rings is 2. The molecule has 0 spiro atoms. The number of fused-ring (bicyclic) bond motifs is 1. The van der Waals surface area contributed by atoms with Gasteiger partial charge in [-0.3, -0.25) is 14.2 Å². The lowest BCUT2D eigenvalue weighted by atomic mass is 9.96. The normalized spacial score (nSPS) is 15.1. The minimum absolute atomic E-state index is 0.279. The van der Waals surface area contributed by atoms with E-state index in [0.717, 1.165) is 0 Å². The Morgan fingerprint density at radius 1 is 1.03 bits per heavy atom. The average Bonchev–Trinajstić information content (AvgIpc) is 3.17. The van der Waals surface area contributed by atoms with Gasteiger partial charge in [0.15, 0.2) is 16.3 Å². The van der Waals surface area contributed by atoms with E-state index in [1.807, 2.05) is 0 Å². The fourth-order valence-electron chi connectivity index (χ4n) is 3.96. The van der Waals surface area contributed by atoms with Crippen LogP contribution in [0.5, 0.6) is 17.2 Å². The highest BCUT2D eigenvalue weighted by Crippen LogP contribution is 2.32. The van der Waals surface area contributed by atoms with E-state index in [4.69, 9.17) is 18.9 Å². The predicted octanol–water partition coefficient (Wildman–Crippen LogP) is 2.35. The van der Waals surface area contributed by atoms with Gasteiger partial charge in [0.25, 0.3) is 5.56 Å². The zero-order valence-electron chi connectivity index (χ0n) is 20.4. The molecular formula is C26H24N2O7S. The third kappa shape index (κ3) is 4.67. The van der Waals surface area contributed by atoms with Crippen LogP contribution in [-0.4, -0.2) is 37.8 Å². The smallest absolute Gasteiger partial charge is 0.338 e. The van der Waals surface area contributed by atoms with Crippen molar-refractivity contribution in [2.45, 2.75) is 19.9 Å². The summed E-state index contributed by atoms with van der Waals surface area (Å²) in [5, 5.41) is 0. The van der Waals surface area contributed by atoms with Gasteiger partial charge in [0.1, 0.15) is 5.75 Å². The fourth-order valence-corrected chi connectivity index (χ4v) is 5.01.